The molecule has 1 aliphatic heterocycles. The Morgan fingerprint density at radius 2 is 1.77 bits per heavy atom. The van der Waals surface area contributed by atoms with Gasteiger partial charge in [0.15, 0.2) is 11.6 Å². The van der Waals surface area contributed by atoms with Gasteiger partial charge in [0.05, 0.1) is 0 Å². The lowest BCUT2D eigenvalue weighted by Gasteiger charge is -2.31. The fourth-order valence-electron chi connectivity index (χ4n) is 3.86. The van der Waals surface area contributed by atoms with Crippen molar-refractivity contribution in [2.45, 2.75) is 31.4 Å². The third-order valence-corrected chi connectivity index (χ3v) is 5.89. The number of benzene rings is 2. The van der Waals surface area contributed by atoms with Gasteiger partial charge in [-0.05, 0) is 69.7 Å². The zero-order chi connectivity index (χ0) is 22.1. The van der Waals surface area contributed by atoms with Crippen LogP contribution < -0.4 is 9.47 Å². The number of likely N-dealkylation sites (tertiary alicyclic amines) is 1. The maximum absolute atomic E-state index is 13.9. The Bertz CT molecular complexity index is 800. The summed E-state index contributed by atoms with van der Waals surface area (Å²) in [6.07, 6.45) is 2.76. The summed E-state index contributed by atoms with van der Waals surface area (Å²) in [5.41, 5.74) is 0.883. The number of hydrogen-bond donors (Lipinski definition) is 0. The first-order valence-corrected chi connectivity index (χ1v) is 11.0. The van der Waals surface area contributed by atoms with E-state index in [1.54, 1.807) is 25.3 Å². The zero-order valence-electron chi connectivity index (χ0n) is 19.0. The second kappa shape index (κ2) is 11.5. The molecule has 6 heteroatoms. The van der Waals surface area contributed by atoms with Gasteiger partial charge in [0.25, 0.3) is 0 Å². The number of methoxy groups -OCH3 is 1. The van der Waals surface area contributed by atoms with Crippen molar-refractivity contribution in [2.75, 3.05) is 54.1 Å². The Balaban J connectivity index is 1.51. The molecule has 3 rings (SSSR count). The van der Waals surface area contributed by atoms with Crippen LogP contribution in [0.5, 0.6) is 11.5 Å². The summed E-state index contributed by atoms with van der Waals surface area (Å²) in [4.78, 5) is 4.56. The van der Waals surface area contributed by atoms with E-state index in [2.05, 4.69) is 21.9 Å². The molecule has 0 N–H and O–H groups in total. The molecular weight excluding hydrogens is 395 g/mol. The van der Waals surface area contributed by atoms with Crippen LogP contribution in [-0.4, -0.2) is 69.5 Å². The molecule has 31 heavy (non-hydrogen) atoms. The maximum Gasteiger partial charge on any atom is 0.165 e. The molecule has 2 aromatic rings. The van der Waals surface area contributed by atoms with Gasteiger partial charge in [0.1, 0.15) is 24.6 Å². The smallest absolute Gasteiger partial charge is 0.165 e. The second-order valence-electron chi connectivity index (χ2n) is 8.53. The van der Waals surface area contributed by atoms with Crippen LogP contribution in [0.1, 0.15) is 24.8 Å². The topological polar surface area (TPSA) is 34.2 Å². The first-order chi connectivity index (χ1) is 15.0. The molecule has 0 saturated carbocycles. The van der Waals surface area contributed by atoms with Gasteiger partial charge < -0.3 is 19.1 Å². The molecule has 0 spiro atoms. The van der Waals surface area contributed by atoms with Crippen LogP contribution in [-0.2, 0) is 11.3 Å². The number of ether oxygens (including phenoxy) is 3. The SMILES string of the molecule is CO[C@]1(COc2ccccc2F)CCCN(Cc2ccc(OCCN(C)C)cc2)CC1. The van der Waals surface area contributed by atoms with Crippen molar-refractivity contribution in [3.63, 3.8) is 0 Å². The van der Waals surface area contributed by atoms with Crippen LogP contribution in [0.2, 0.25) is 0 Å². The number of likely N-dealkylation sites (N-methyl/N-ethyl adjacent to an activating group) is 1. The molecule has 5 nitrogen and oxygen atoms in total. The van der Waals surface area contributed by atoms with Crippen molar-refractivity contribution in [2.24, 2.45) is 0 Å². The van der Waals surface area contributed by atoms with Gasteiger partial charge >= 0.3 is 0 Å². The third-order valence-electron chi connectivity index (χ3n) is 5.89. The molecule has 1 fully saturated rings. The van der Waals surface area contributed by atoms with Crippen LogP contribution in [0.25, 0.3) is 0 Å². The Morgan fingerprint density at radius 3 is 2.48 bits per heavy atom. The highest BCUT2D eigenvalue weighted by molar-refractivity contribution is 5.27. The molecule has 1 saturated heterocycles. The number of rotatable bonds is 10. The summed E-state index contributed by atoms with van der Waals surface area (Å²) in [6.45, 7) is 4.76. The maximum atomic E-state index is 13.9. The van der Waals surface area contributed by atoms with Gasteiger partial charge in [-0.25, -0.2) is 4.39 Å². The zero-order valence-corrected chi connectivity index (χ0v) is 19.0. The van der Waals surface area contributed by atoms with Crippen LogP contribution in [0.3, 0.4) is 0 Å². The van der Waals surface area contributed by atoms with E-state index in [-0.39, 0.29) is 17.2 Å². The standard InChI is InChI=1S/C25H35FN2O3/c1-27(2)17-18-30-22-11-9-21(10-12-22)19-28-15-6-13-25(29-3,14-16-28)20-31-24-8-5-4-7-23(24)26/h4-5,7-12H,6,13-20H2,1-3H3/t25-/m1/s1. The summed E-state index contributed by atoms with van der Waals surface area (Å²) in [6, 6.07) is 14.9. The molecule has 0 unspecified atom stereocenters. The molecule has 0 radical (unpaired) electrons. The van der Waals surface area contributed by atoms with Crippen molar-refractivity contribution >= 4 is 0 Å². The fraction of sp³-hybridized carbons (Fsp3) is 0.520. The van der Waals surface area contributed by atoms with E-state index in [4.69, 9.17) is 14.2 Å². The van der Waals surface area contributed by atoms with E-state index in [0.717, 1.165) is 51.2 Å². The largest absolute Gasteiger partial charge is 0.492 e. The van der Waals surface area contributed by atoms with Crippen molar-refractivity contribution in [3.05, 3.63) is 59.9 Å². The number of hydrogen-bond acceptors (Lipinski definition) is 5. The van der Waals surface area contributed by atoms with E-state index in [1.807, 2.05) is 26.2 Å². The van der Waals surface area contributed by atoms with E-state index >= 15 is 0 Å². The van der Waals surface area contributed by atoms with E-state index in [1.165, 1.54) is 11.6 Å². The van der Waals surface area contributed by atoms with Crippen LogP contribution in [0.15, 0.2) is 48.5 Å². The molecule has 0 amide bonds. The Hall–Kier alpha value is -2.15. The molecule has 0 aliphatic carbocycles. The van der Waals surface area contributed by atoms with Crippen molar-refractivity contribution in [3.8, 4) is 11.5 Å². The summed E-state index contributed by atoms with van der Waals surface area (Å²) >= 11 is 0. The lowest BCUT2D eigenvalue weighted by Crippen LogP contribution is -2.39. The first kappa shape index (κ1) is 23.5. The number of para-hydroxylation sites is 1. The molecule has 1 heterocycles. The van der Waals surface area contributed by atoms with E-state index in [0.29, 0.717) is 13.2 Å². The molecule has 170 valence electrons. The Labute approximate surface area is 185 Å². The fourth-order valence-corrected chi connectivity index (χ4v) is 3.86. The third kappa shape index (κ3) is 7.20. The number of halogens is 1. The van der Waals surface area contributed by atoms with Gasteiger partial charge in [-0.3, -0.25) is 4.90 Å². The van der Waals surface area contributed by atoms with E-state index < -0.39 is 0 Å². The minimum absolute atomic E-state index is 0.285. The van der Waals surface area contributed by atoms with Gasteiger partial charge in [-0.2, -0.15) is 0 Å². The lowest BCUT2D eigenvalue weighted by molar-refractivity contribution is -0.0548. The first-order valence-electron chi connectivity index (χ1n) is 11.0. The highest BCUT2D eigenvalue weighted by Gasteiger charge is 2.33. The van der Waals surface area contributed by atoms with Gasteiger partial charge in [0, 0.05) is 26.7 Å². The molecule has 0 bridgehead atoms. The molecule has 0 aromatic heterocycles. The number of nitrogens with zero attached hydrogens (tertiary/aromatic N) is 2. The monoisotopic (exact) mass is 430 g/mol. The van der Waals surface area contributed by atoms with Crippen molar-refractivity contribution in [1.82, 2.24) is 9.80 Å². The van der Waals surface area contributed by atoms with E-state index in [9.17, 15) is 4.39 Å². The predicted octanol–water partition coefficient (Wildman–Crippen LogP) is 4.22. The summed E-state index contributed by atoms with van der Waals surface area (Å²) in [5, 5.41) is 0. The summed E-state index contributed by atoms with van der Waals surface area (Å²) in [7, 11) is 5.81. The molecule has 2 aromatic carbocycles. The second-order valence-corrected chi connectivity index (χ2v) is 8.53. The molecule has 1 aliphatic rings. The van der Waals surface area contributed by atoms with Crippen molar-refractivity contribution < 1.29 is 18.6 Å². The molecular formula is C25H35FN2O3. The van der Waals surface area contributed by atoms with Gasteiger partial charge in [-0.15, -0.1) is 0 Å². The summed E-state index contributed by atoms with van der Waals surface area (Å²) < 4.78 is 31.4. The average Bonchev–Trinajstić information content (AvgIpc) is 2.97. The minimum atomic E-state index is -0.388. The molecule has 1 atom stereocenters. The quantitative estimate of drug-likeness (QED) is 0.564. The minimum Gasteiger partial charge on any atom is -0.492 e. The van der Waals surface area contributed by atoms with Crippen LogP contribution in [0, 0.1) is 5.82 Å². The average molecular weight is 431 g/mol. The van der Waals surface area contributed by atoms with Gasteiger partial charge in [0.2, 0.25) is 0 Å². The highest BCUT2D eigenvalue weighted by Crippen LogP contribution is 2.28. The Kier molecular flexibility index (Phi) is 8.69. The van der Waals surface area contributed by atoms with Gasteiger partial charge in [-0.1, -0.05) is 24.3 Å². The Morgan fingerprint density at radius 1 is 1.00 bits per heavy atom. The highest BCUT2D eigenvalue weighted by atomic mass is 19.1. The normalized spacial score (nSPS) is 19.9. The van der Waals surface area contributed by atoms with Crippen molar-refractivity contribution in [1.29, 1.82) is 0 Å². The summed E-state index contributed by atoms with van der Waals surface area (Å²) in [5.74, 6) is 0.858. The predicted molar refractivity (Wildman–Crippen MR) is 121 cm³/mol. The van der Waals surface area contributed by atoms with Crippen LogP contribution >= 0.6 is 0 Å². The van der Waals surface area contributed by atoms with Crippen LogP contribution in [0.4, 0.5) is 4.39 Å². The lowest BCUT2D eigenvalue weighted by atomic mass is 9.95.